The summed E-state index contributed by atoms with van der Waals surface area (Å²) in [6.07, 6.45) is 0. The van der Waals surface area contributed by atoms with E-state index < -0.39 is 3.67 Å². The maximum absolute atomic E-state index is 12.3. The first-order valence-corrected chi connectivity index (χ1v) is 7.29. The van der Waals surface area contributed by atoms with E-state index in [1.54, 1.807) is 24.3 Å². The van der Waals surface area contributed by atoms with E-state index in [2.05, 4.69) is 0 Å². The maximum atomic E-state index is 12.3. The van der Waals surface area contributed by atoms with Gasteiger partial charge in [-0.2, -0.15) is 0 Å². The van der Waals surface area contributed by atoms with Gasteiger partial charge in [0.05, 0.1) is 0 Å². The molecule has 0 heterocycles. The number of halogens is 2. The SMILES string of the molecule is Cc1ccc(SC(Cl)(Cl)C(=O)c2ccccc2)cc1. The molecule has 0 aliphatic carbocycles. The fourth-order valence-corrected chi connectivity index (χ4v) is 3.09. The van der Waals surface area contributed by atoms with E-state index in [0.717, 1.165) is 22.2 Å². The van der Waals surface area contributed by atoms with Crippen LogP contribution in [0.15, 0.2) is 59.5 Å². The van der Waals surface area contributed by atoms with Crippen molar-refractivity contribution in [1.29, 1.82) is 0 Å². The van der Waals surface area contributed by atoms with Gasteiger partial charge in [0.25, 0.3) is 0 Å². The molecule has 4 heteroatoms. The van der Waals surface area contributed by atoms with Gasteiger partial charge in [0.15, 0.2) is 0 Å². The molecule has 0 unspecified atom stereocenters. The molecule has 0 saturated heterocycles. The predicted octanol–water partition coefficient (Wildman–Crippen LogP) is 5.10. The van der Waals surface area contributed by atoms with Gasteiger partial charge in [-0.1, -0.05) is 83.0 Å². The van der Waals surface area contributed by atoms with Gasteiger partial charge in [0.1, 0.15) is 0 Å². The van der Waals surface area contributed by atoms with Crippen LogP contribution in [0.25, 0.3) is 0 Å². The minimum Gasteiger partial charge on any atom is -0.290 e. The Morgan fingerprint density at radius 1 is 1.00 bits per heavy atom. The Morgan fingerprint density at radius 3 is 2.16 bits per heavy atom. The fraction of sp³-hybridized carbons (Fsp3) is 0.133. The molecule has 0 aromatic heterocycles. The monoisotopic (exact) mass is 310 g/mol. The van der Waals surface area contributed by atoms with E-state index in [1.165, 1.54) is 0 Å². The van der Waals surface area contributed by atoms with E-state index in [1.807, 2.05) is 37.3 Å². The van der Waals surface area contributed by atoms with Crippen molar-refractivity contribution in [2.45, 2.75) is 15.5 Å². The molecular weight excluding hydrogens is 299 g/mol. The van der Waals surface area contributed by atoms with Crippen LogP contribution in [0, 0.1) is 6.92 Å². The highest BCUT2D eigenvalue weighted by Gasteiger charge is 2.35. The highest BCUT2D eigenvalue weighted by molar-refractivity contribution is 8.04. The summed E-state index contributed by atoms with van der Waals surface area (Å²) >= 11 is 13.5. The van der Waals surface area contributed by atoms with E-state index in [4.69, 9.17) is 23.2 Å². The molecule has 0 aliphatic rings. The summed E-state index contributed by atoms with van der Waals surface area (Å²) in [6, 6.07) is 16.5. The first-order chi connectivity index (χ1) is 8.99. The molecule has 2 aromatic carbocycles. The van der Waals surface area contributed by atoms with Crippen molar-refractivity contribution in [3.05, 3.63) is 65.7 Å². The number of thioether (sulfide) groups is 1. The number of rotatable bonds is 4. The zero-order valence-electron chi connectivity index (χ0n) is 10.3. The molecule has 0 atom stereocenters. The average Bonchev–Trinajstić information content (AvgIpc) is 2.41. The number of alkyl halides is 2. The number of carbonyl (C=O) groups is 1. The van der Waals surface area contributed by atoms with Crippen LogP contribution >= 0.6 is 35.0 Å². The van der Waals surface area contributed by atoms with Gasteiger partial charge < -0.3 is 0 Å². The first kappa shape index (κ1) is 14.4. The standard InChI is InChI=1S/C15H12Cl2OS/c1-11-7-9-13(10-8-11)19-15(16,17)14(18)12-5-3-2-4-6-12/h2-10H,1H3. The third-order valence-electron chi connectivity index (χ3n) is 2.57. The average molecular weight is 311 g/mol. The largest absolute Gasteiger partial charge is 0.290 e. The second-order valence-corrected chi connectivity index (χ2v) is 7.19. The molecule has 19 heavy (non-hydrogen) atoms. The number of carbonyl (C=O) groups excluding carboxylic acids is 1. The molecule has 1 nitrogen and oxygen atoms in total. The molecule has 0 aliphatic heterocycles. The van der Waals surface area contributed by atoms with E-state index >= 15 is 0 Å². The summed E-state index contributed by atoms with van der Waals surface area (Å²) in [7, 11) is 0. The number of ketones is 1. The topological polar surface area (TPSA) is 17.1 Å². The third kappa shape index (κ3) is 3.75. The lowest BCUT2D eigenvalue weighted by Gasteiger charge is -2.17. The van der Waals surface area contributed by atoms with Gasteiger partial charge in [-0.25, -0.2) is 0 Å². The zero-order chi connectivity index (χ0) is 13.9. The van der Waals surface area contributed by atoms with Crippen molar-refractivity contribution in [3.63, 3.8) is 0 Å². The highest BCUT2D eigenvalue weighted by atomic mass is 35.5. The van der Waals surface area contributed by atoms with Gasteiger partial charge in [-0.05, 0) is 19.1 Å². The minimum absolute atomic E-state index is 0.304. The Balaban J connectivity index is 2.18. The van der Waals surface area contributed by atoms with E-state index in [-0.39, 0.29) is 5.78 Å². The van der Waals surface area contributed by atoms with Crippen molar-refractivity contribution >= 4 is 40.7 Å². The summed E-state index contributed by atoms with van der Waals surface area (Å²) in [5.41, 5.74) is 1.65. The Kier molecular flexibility index (Phi) is 4.56. The van der Waals surface area contributed by atoms with Crippen LogP contribution in [0.5, 0.6) is 0 Å². The summed E-state index contributed by atoms with van der Waals surface area (Å²) < 4.78 is -1.52. The quantitative estimate of drug-likeness (QED) is 0.444. The summed E-state index contributed by atoms with van der Waals surface area (Å²) in [4.78, 5) is 13.1. The molecular formula is C15H12Cl2OS. The second-order valence-electron chi connectivity index (χ2n) is 4.13. The summed E-state index contributed by atoms with van der Waals surface area (Å²) in [5, 5.41) is 0. The fourth-order valence-electron chi connectivity index (χ4n) is 1.56. The molecule has 0 saturated carbocycles. The Hall–Kier alpha value is -0.960. The van der Waals surface area contributed by atoms with Crippen LogP contribution in [0.1, 0.15) is 15.9 Å². The van der Waals surface area contributed by atoms with Crippen LogP contribution in [-0.2, 0) is 0 Å². The molecule has 98 valence electrons. The molecule has 0 fully saturated rings. The zero-order valence-corrected chi connectivity index (χ0v) is 12.6. The van der Waals surface area contributed by atoms with E-state index in [0.29, 0.717) is 5.56 Å². The predicted molar refractivity (Wildman–Crippen MR) is 82.2 cm³/mol. The van der Waals surface area contributed by atoms with Crippen molar-refractivity contribution < 1.29 is 4.79 Å². The molecule has 0 N–H and O–H groups in total. The highest BCUT2D eigenvalue weighted by Crippen LogP contribution is 2.42. The Bertz CT molecular complexity index is 564. The molecule has 2 rings (SSSR count). The molecule has 0 amide bonds. The van der Waals surface area contributed by atoms with Gasteiger partial charge in [0, 0.05) is 10.5 Å². The molecule has 0 radical (unpaired) electrons. The minimum atomic E-state index is -1.52. The van der Waals surface area contributed by atoms with Crippen LogP contribution in [-0.4, -0.2) is 9.45 Å². The van der Waals surface area contributed by atoms with E-state index in [9.17, 15) is 4.79 Å². The van der Waals surface area contributed by atoms with Crippen LogP contribution in [0.2, 0.25) is 0 Å². The Labute approximate surface area is 126 Å². The van der Waals surface area contributed by atoms with Crippen molar-refractivity contribution in [1.82, 2.24) is 0 Å². The lowest BCUT2D eigenvalue weighted by atomic mass is 10.1. The van der Waals surface area contributed by atoms with Crippen LogP contribution in [0.4, 0.5) is 0 Å². The van der Waals surface area contributed by atoms with Gasteiger partial charge in [-0.15, -0.1) is 0 Å². The van der Waals surface area contributed by atoms with Gasteiger partial charge in [0.2, 0.25) is 9.45 Å². The smallest absolute Gasteiger partial charge is 0.230 e. The first-order valence-electron chi connectivity index (χ1n) is 5.72. The second kappa shape index (κ2) is 6.00. The normalized spacial score (nSPS) is 11.3. The van der Waals surface area contributed by atoms with Crippen molar-refractivity contribution in [2.75, 3.05) is 0 Å². The molecule has 0 bridgehead atoms. The van der Waals surface area contributed by atoms with Gasteiger partial charge in [-0.3, -0.25) is 4.79 Å². The van der Waals surface area contributed by atoms with Crippen LogP contribution < -0.4 is 0 Å². The molecule has 0 spiro atoms. The maximum Gasteiger partial charge on any atom is 0.230 e. The number of hydrogen-bond acceptors (Lipinski definition) is 2. The number of Topliss-reactive ketones (excluding diaryl/α,β-unsaturated/α-hetero) is 1. The third-order valence-corrected chi connectivity index (χ3v) is 4.32. The summed E-state index contributed by atoms with van der Waals surface area (Å²) in [6.45, 7) is 2.00. The van der Waals surface area contributed by atoms with Crippen molar-refractivity contribution in [2.24, 2.45) is 0 Å². The van der Waals surface area contributed by atoms with Crippen molar-refractivity contribution in [3.8, 4) is 0 Å². The number of aryl methyl sites for hydroxylation is 1. The number of benzene rings is 2. The Morgan fingerprint density at radius 2 is 1.58 bits per heavy atom. The van der Waals surface area contributed by atoms with Gasteiger partial charge >= 0.3 is 0 Å². The lowest BCUT2D eigenvalue weighted by Crippen LogP contribution is -2.21. The molecule has 2 aromatic rings. The van der Waals surface area contributed by atoms with Crippen LogP contribution in [0.3, 0.4) is 0 Å². The lowest BCUT2D eigenvalue weighted by molar-refractivity contribution is 0.0998. The summed E-state index contributed by atoms with van der Waals surface area (Å²) in [5.74, 6) is -0.304. The number of hydrogen-bond donors (Lipinski definition) is 0.